The lowest BCUT2D eigenvalue weighted by Gasteiger charge is -2.49. The lowest BCUT2D eigenvalue weighted by Crippen LogP contribution is -2.49. The molecule has 166 valence electrons. The molecule has 0 saturated heterocycles. The molecule has 5 atom stereocenters. The van der Waals surface area contributed by atoms with Crippen LogP contribution in [0, 0.1) is 22.7 Å². The van der Waals surface area contributed by atoms with Crippen molar-refractivity contribution in [2.75, 3.05) is 0 Å². The minimum absolute atomic E-state index is 0.0726. The number of carbonyl (C=O) groups excluding carboxylic acids is 2. The predicted molar refractivity (Wildman–Crippen MR) is 130 cm³/mol. The van der Waals surface area contributed by atoms with Gasteiger partial charge >= 0.3 is 0 Å². The van der Waals surface area contributed by atoms with E-state index in [-0.39, 0.29) is 17.4 Å². The Hall–Kier alpha value is -0.390. The lowest BCUT2D eigenvalue weighted by atomic mass is 9.56. The van der Waals surface area contributed by atoms with E-state index in [2.05, 4.69) is 75.5 Å². The largest absolute Gasteiger partial charge is 0.346 e. The zero-order chi connectivity index (χ0) is 21.9. The minimum atomic E-state index is -0.395. The molecule has 0 aromatic heterocycles. The minimum Gasteiger partial charge on any atom is -0.346 e. The molecule has 1 fully saturated rings. The number of amides is 1. The Bertz CT molecular complexity index is 626. The summed E-state index contributed by atoms with van der Waals surface area (Å²) in [7, 11) is 0. The summed E-state index contributed by atoms with van der Waals surface area (Å²) in [5, 5.41) is 3.07. The third-order valence-electron chi connectivity index (χ3n) is 7.19. The molecule has 2 rings (SSSR count). The molecule has 0 heterocycles. The molecule has 2 aliphatic rings. The van der Waals surface area contributed by atoms with Gasteiger partial charge in [0.15, 0.2) is 0 Å². The van der Waals surface area contributed by atoms with E-state index in [9.17, 15) is 9.59 Å². The summed E-state index contributed by atoms with van der Waals surface area (Å²) in [6, 6.07) is -0.367. The van der Waals surface area contributed by atoms with Gasteiger partial charge in [-0.15, -0.1) is 0 Å². The average molecular weight is 516 g/mol. The van der Waals surface area contributed by atoms with Crippen molar-refractivity contribution in [3.8, 4) is 0 Å². The molecule has 3 nitrogen and oxygen atoms in total. The van der Waals surface area contributed by atoms with Crippen LogP contribution in [0.4, 0.5) is 0 Å². The van der Waals surface area contributed by atoms with Gasteiger partial charge in [-0.3, -0.25) is 4.79 Å². The number of halogens is 1. The van der Waals surface area contributed by atoms with Gasteiger partial charge in [-0.25, -0.2) is 0 Å². The molecular weight excluding hydrogens is 473 g/mol. The molecule has 1 N–H and O–H groups in total. The summed E-state index contributed by atoms with van der Waals surface area (Å²) in [4.78, 5) is 24.7. The maximum absolute atomic E-state index is 13.3. The Morgan fingerprint density at radius 2 is 2.00 bits per heavy atom. The molecule has 2 aliphatic carbocycles. The van der Waals surface area contributed by atoms with Crippen LogP contribution >= 0.6 is 22.6 Å². The van der Waals surface area contributed by atoms with Crippen molar-refractivity contribution in [2.45, 2.75) is 109 Å². The van der Waals surface area contributed by atoms with Crippen molar-refractivity contribution < 1.29 is 9.59 Å². The van der Waals surface area contributed by atoms with E-state index in [0.717, 1.165) is 32.0 Å². The summed E-state index contributed by atoms with van der Waals surface area (Å²) >= 11 is 2.63. The van der Waals surface area contributed by atoms with E-state index < -0.39 is 5.41 Å². The van der Waals surface area contributed by atoms with Gasteiger partial charge in [0.1, 0.15) is 6.29 Å². The molecule has 1 amide bonds. The SMILES string of the molecule is CCCC1C[C@@](C)(I)CC=C1[C@]1(C)CCC[C@@](C)(C(=O)N[C@H](C=O)CC(C)C)C1. The van der Waals surface area contributed by atoms with Crippen molar-refractivity contribution in [3.05, 3.63) is 11.6 Å². The van der Waals surface area contributed by atoms with Crippen molar-refractivity contribution >= 4 is 34.8 Å². The van der Waals surface area contributed by atoms with Gasteiger partial charge in [0, 0.05) is 8.84 Å². The molecule has 0 radical (unpaired) electrons. The number of hydrogen-bond donors (Lipinski definition) is 1. The summed E-state index contributed by atoms with van der Waals surface area (Å²) in [6.45, 7) is 13.4. The number of rotatable bonds is 8. The molecule has 0 aliphatic heterocycles. The maximum atomic E-state index is 13.3. The third kappa shape index (κ3) is 6.30. The van der Waals surface area contributed by atoms with Gasteiger partial charge in [-0.2, -0.15) is 0 Å². The van der Waals surface area contributed by atoms with E-state index in [1.165, 1.54) is 25.7 Å². The first-order chi connectivity index (χ1) is 13.4. The van der Waals surface area contributed by atoms with Crippen LogP contribution in [0.15, 0.2) is 11.6 Å². The zero-order valence-electron chi connectivity index (χ0n) is 19.4. The number of aldehydes is 1. The third-order valence-corrected chi connectivity index (χ3v) is 8.07. The molecule has 0 aromatic carbocycles. The van der Waals surface area contributed by atoms with Crippen LogP contribution in [0.5, 0.6) is 0 Å². The summed E-state index contributed by atoms with van der Waals surface area (Å²) in [6.07, 6.45) is 13.0. The first kappa shape index (κ1) is 24.9. The van der Waals surface area contributed by atoms with Gasteiger partial charge < -0.3 is 10.1 Å². The van der Waals surface area contributed by atoms with E-state index in [0.29, 0.717) is 21.7 Å². The summed E-state index contributed by atoms with van der Waals surface area (Å²) in [5.41, 5.74) is 1.31. The highest BCUT2D eigenvalue weighted by atomic mass is 127. The lowest BCUT2D eigenvalue weighted by molar-refractivity contribution is -0.136. The van der Waals surface area contributed by atoms with Crippen molar-refractivity contribution in [1.82, 2.24) is 5.32 Å². The highest BCUT2D eigenvalue weighted by Gasteiger charge is 2.48. The molecule has 1 saturated carbocycles. The van der Waals surface area contributed by atoms with Gasteiger partial charge in [0.2, 0.25) is 5.91 Å². The second-order valence-corrected chi connectivity index (χ2v) is 13.6. The van der Waals surface area contributed by atoms with E-state index >= 15 is 0 Å². The smallest absolute Gasteiger partial charge is 0.226 e. The number of alkyl halides is 1. The first-order valence-corrected chi connectivity index (χ1v) is 12.7. The fourth-order valence-corrected chi connectivity index (χ4v) is 6.64. The quantitative estimate of drug-likeness (QED) is 0.171. The first-order valence-electron chi connectivity index (χ1n) is 11.6. The van der Waals surface area contributed by atoms with Crippen LogP contribution in [-0.2, 0) is 9.59 Å². The van der Waals surface area contributed by atoms with E-state index in [4.69, 9.17) is 0 Å². The Labute approximate surface area is 192 Å². The second kappa shape index (κ2) is 9.82. The summed E-state index contributed by atoms with van der Waals surface area (Å²) < 4.78 is 0.348. The van der Waals surface area contributed by atoms with Gasteiger partial charge in [-0.1, -0.05) is 88.6 Å². The normalized spacial score (nSPS) is 36.4. The monoisotopic (exact) mass is 515 g/mol. The number of carbonyl (C=O) groups is 2. The number of hydrogen-bond acceptors (Lipinski definition) is 2. The van der Waals surface area contributed by atoms with Gasteiger partial charge in [0.05, 0.1) is 6.04 Å². The number of nitrogens with one attached hydrogen (secondary N) is 1. The second-order valence-electron chi connectivity index (χ2n) is 11.0. The zero-order valence-corrected chi connectivity index (χ0v) is 21.6. The van der Waals surface area contributed by atoms with Crippen molar-refractivity contribution in [2.24, 2.45) is 22.7 Å². The highest BCUT2D eigenvalue weighted by molar-refractivity contribution is 14.1. The van der Waals surface area contributed by atoms with Gasteiger partial charge in [0.25, 0.3) is 0 Å². The molecule has 1 unspecified atom stereocenters. The van der Waals surface area contributed by atoms with Crippen molar-refractivity contribution in [3.63, 3.8) is 0 Å². The summed E-state index contributed by atoms with van der Waals surface area (Å²) in [5.74, 6) is 1.10. The van der Waals surface area contributed by atoms with Crippen LogP contribution < -0.4 is 5.32 Å². The number of allylic oxidation sites excluding steroid dienone is 2. The Morgan fingerprint density at radius 1 is 1.31 bits per heavy atom. The highest BCUT2D eigenvalue weighted by Crippen LogP contribution is 2.55. The van der Waals surface area contributed by atoms with E-state index in [1.54, 1.807) is 5.57 Å². The molecule has 0 spiro atoms. The van der Waals surface area contributed by atoms with Crippen LogP contribution in [0.1, 0.15) is 99.3 Å². The fraction of sp³-hybridized carbons (Fsp3) is 0.840. The molecule has 29 heavy (non-hydrogen) atoms. The Morgan fingerprint density at radius 3 is 2.59 bits per heavy atom. The topological polar surface area (TPSA) is 46.2 Å². The molecule has 0 bridgehead atoms. The standard InChI is InChI=1S/C25H42INO2/c1-7-9-19-15-25(6,26)13-10-21(19)23(4)11-8-12-24(5,17-23)22(29)27-20(16-28)14-18(2)3/h10,16,18-20H,7-9,11-15,17H2,1-6H3,(H,27,29)/t19?,20-,23+,24+,25-/m0/s1. The van der Waals surface area contributed by atoms with Gasteiger partial charge in [-0.05, 0) is 62.2 Å². The average Bonchev–Trinajstić information content (AvgIpc) is 2.59. The Balaban J connectivity index is 2.21. The molecular formula is C25H42INO2. The van der Waals surface area contributed by atoms with Crippen LogP contribution in [0.2, 0.25) is 0 Å². The fourth-order valence-electron chi connectivity index (χ4n) is 5.89. The van der Waals surface area contributed by atoms with E-state index in [1.807, 2.05) is 0 Å². The molecule has 4 heteroatoms. The van der Waals surface area contributed by atoms with Crippen molar-refractivity contribution in [1.29, 1.82) is 0 Å². The van der Waals surface area contributed by atoms with Crippen LogP contribution in [0.25, 0.3) is 0 Å². The van der Waals surface area contributed by atoms with Crippen LogP contribution in [-0.4, -0.2) is 21.7 Å². The maximum Gasteiger partial charge on any atom is 0.226 e. The molecule has 0 aromatic rings. The Kier molecular flexibility index (Phi) is 8.43. The predicted octanol–water partition coefficient (Wildman–Crippen LogP) is 6.63. The van der Waals surface area contributed by atoms with Crippen LogP contribution in [0.3, 0.4) is 0 Å².